The Balaban J connectivity index is 1.52. The summed E-state index contributed by atoms with van der Waals surface area (Å²) in [4.78, 5) is 28.1. The molecule has 0 bridgehead atoms. The van der Waals surface area contributed by atoms with Gasteiger partial charge in [-0.3, -0.25) is 4.79 Å². The molecule has 3 rings (SSSR count). The molecule has 10 heteroatoms. The second-order valence-electron chi connectivity index (χ2n) is 6.01. The molecule has 1 aliphatic rings. The minimum absolute atomic E-state index is 0.0602. The molecular weight excluding hydrogens is 392 g/mol. The van der Waals surface area contributed by atoms with Crippen molar-refractivity contribution >= 4 is 33.1 Å². The van der Waals surface area contributed by atoms with Crippen molar-refractivity contribution in [3.63, 3.8) is 0 Å². The van der Waals surface area contributed by atoms with E-state index in [-0.39, 0.29) is 17.2 Å². The average Bonchev–Trinajstić information content (AvgIpc) is 3.26. The van der Waals surface area contributed by atoms with Crippen molar-refractivity contribution in [1.29, 1.82) is 0 Å². The Morgan fingerprint density at radius 1 is 1.30 bits per heavy atom. The number of carbonyl (C=O) groups is 2. The Bertz CT molecular complexity index is 937. The van der Waals surface area contributed by atoms with E-state index in [0.717, 1.165) is 11.3 Å². The third-order valence-corrected chi connectivity index (χ3v) is 6.64. The molecule has 0 aliphatic carbocycles. The summed E-state index contributed by atoms with van der Waals surface area (Å²) in [7, 11) is -1.50. The fourth-order valence-electron chi connectivity index (χ4n) is 2.62. The van der Waals surface area contributed by atoms with E-state index in [1.807, 2.05) is 12.1 Å². The molecule has 0 radical (unpaired) electrons. The highest BCUT2D eigenvalue weighted by Crippen LogP contribution is 2.25. The lowest BCUT2D eigenvalue weighted by Gasteiger charge is -2.10. The molecule has 1 aromatic heterocycles. The summed E-state index contributed by atoms with van der Waals surface area (Å²) >= 11 is 1.28. The van der Waals surface area contributed by atoms with Gasteiger partial charge in [0.2, 0.25) is 0 Å². The van der Waals surface area contributed by atoms with Crippen molar-refractivity contribution in [2.24, 2.45) is 0 Å². The molecule has 27 heavy (non-hydrogen) atoms. The maximum Gasteiger partial charge on any atom is 0.358 e. The first-order valence-corrected chi connectivity index (χ1v) is 10.8. The first kappa shape index (κ1) is 19.3. The molecule has 1 N–H and O–H groups in total. The Kier molecular flexibility index (Phi) is 5.76. The molecule has 0 spiro atoms. The number of methoxy groups -OCH3 is 1. The van der Waals surface area contributed by atoms with Crippen LogP contribution in [0.15, 0.2) is 29.6 Å². The number of esters is 1. The van der Waals surface area contributed by atoms with Crippen LogP contribution in [0.5, 0.6) is 5.75 Å². The largest absolute Gasteiger partial charge is 0.497 e. The second kappa shape index (κ2) is 8.05. The van der Waals surface area contributed by atoms with Crippen molar-refractivity contribution in [1.82, 2.24) is 10.3 Å². The number of thiazole rings is 1. The third-order valence-electron chi connectivity index (χ3n) is 3.98. The van der Waals surface area contributed by atoms with Crippen LogP contribution in [0.2, 0.25) is 0 Å². The van der Waals surface area contributed by atoms with Crippen LogP contribution in [0.4, 0.5) is 0 Å². The molecule has 1 amide bonds. The zero-order valence-corrected chi connectivity index (χ0v) is 16.1. The predicted molar refractivity (Wildman–Crippen MR) is 99.6 cm³/mol. The lowest BCUT2D eigenvalue weighted by atomic mass is 10.2. The molecule has 1 aliphatic heterocycles. The summed E-state index contributed by atoms with van der Waals surface area (Å²) in [5.74, 6) is -0.540. The summed E-state index contributed by atoms with van der Waals surface area (Å²) in [6.45, 7) is -0.481. The van der Waals surface area contributed by atoms with Gasteiger partial charge in [-0.1, -0.05) is 0 Å². The van der Waals surface area contributed by atoms with E-state index in [2.05, 4.69) is 10.3 Å². The van der Waals surface area contributed by atoms with Crippen LogP contribution in [0, 0.1) is 0 Å². The van der Waals surface area contributed by atoms with Crippen LogP contribution in [0.3, 0.4) is 0 Å². The predicted octanol–water partition coefficient (Wildman–Crippen LogP) is 1.28. The number of hydrogen-bond donors (Lipinski definition) is 1. The molecule has 144 valence electrons. The minimum Gasteiger partial charge on any atom is -0.497 e. The highest BCUT2D eigenvalue weighted by molar-refractivity contribution is 7.91. The molecule has 0 saturated carbocycles. The van der Waals surface area contributed by atoms with E-state index in [4.69, 9.17) is 9.47 Å². The quantitative estimate of drug-likeness (QED) is 0.714. The van der Waals surface area contributed by atoms with Gasteiger partial charge in [-0.05, 0) is 30.7 Å². The molecule has 1 atom stereocenters. The highest BCUT2D eigenvalue weighted by atomic mass is 32.2. The Morgan fingerprint density at radius 3 is 2.67 bits per heavy atom. The molecule has 8 nitrogen and oxygen atoms in total. The fraction of sp³-hybridized carbons (Fsp3) is 0.353. The number of ether oxygens (including phenoxy) is 2. The van der Waals surface area contributed by atoms with Crippen LogP contribution in [-0.2, 0) is 19.4 Å². The van der Waals surface area contributed by atoms with Gasteiger partial charge < -0.3 is 14.8 Å². The monoisotopic (exact) mass is 410 g/mol. The standard InChI is InChI=1S/C17H18N2O6S2/c1-24-13-4-2-11(3-5-13)16-19-14(9-26-16)17(21)25-8-15(20)18-12-6-7-27(22,23)10-12/h2-5,9,12H,6-8,10H2,1H3,(H,18,20)/t12-/m1/s1. The van der Waals surface area contributed by atoms with Gasteiger partial charge in [-0.15, -0.1) is 11.3 Å². The molecule has 1 fully saturated rings. The fourth-order valence-corrected chi connectivity index (χ4v) is 5.09. The number of sulfone groups is 1. The Labute approximate surface area is 160 Å². The normalized spacial score (nSPS) is 18.0. The Morgan fingerprint density at radius 2 is 2.04 bits per heavy atom. The van der Waals surface area contributed by atoms with E-state index < -0.39 is 34.4 Å². The van der Waals surface area contributed by atoms with Crippen LogP contribution < -0.4 is 10.1 Å². The van der Waals surface area contributed by atoms with Gasteiger partial charge in [-0.2, -0.15) is 0 Å². The average molecular weight is 410 g/mol. The lowest BCUT2D eigenvalue weighted by molar-refractivity contribution is -0.124. The first-order chi connectivity index (χ1) is 12.9. The summed E-state index contributed by atoms with van der Waals surface area (Å²) in [5.41, 5.74) is 0.946. The Hall–Kier alpha value is -2.46. The van der Waals surface area contributed by atoms with E-state index in [1.54, 1.807) is 24.6 Å². The molecule has 2 heterocycles. The van der Waals surface area contributed by atoms with Gasteiger partial charge in [0.15, 0.2) is 22.1 Å². The summed E-state index contributed by atoms with van der Waals surface area (Å²) < 4.78 is 32.8. The van der Waals surface area contributed by atoms with Gasteiger partial charge in [0.1, 0.15) is 10.8 Å². The van der Waals surface area contributed by atoms with Gasteiger partial charge in [0, 0.05) is 17.0 Å². The molecule has 2 aromatic rings. The van der Waals surface area contributed by atoms with E-state index in [1.165, 1.54) is 11.3 Å². The maximum atomic E-state index is 12.1. The molecule has 1 saturated heterocycles. The number of hydrogen-bond acceptors (Lipinski definition) is 8. The first-order valence-electron chi connectivity index (χ1n) is 8.13. The van der Waals surface area contributed by atoms with Crippen molar-refractivity contribution in [3.8, 4) is 16.3 Å². The van der Waals surface area contributed by atoms with E-state index in [0.29, 0.717) is 11.4 Å². The van der Waals surface area contributed by atoms with Crippen molar-refractivity contribution in [2.45, 2.75) is 12.5 Å². The van der Waals surface area contributed by atoms with Crippen LogP contribution in [-0.4, -0.2) is 56.5 Å². The zero-order chi connectivity index (χ0) is 19.4. The number of amides is 1. The number of nitrogens with one attached hydrogen (secondary N) is 1. The summed E-state index contributed by atoms with van der Waals surface area (Å²) in [5, 5.41) is 4.76. The van der Waals surface area contributed by atoms with Crippen molar-refractivity contribution in [2.75, 3.05) is 25.2 Å². The highest BCUT2D eigenvalue weighted by Gasteiger charge is 2.29. The molecule has 1 aromatic carbocycles. The number of aromatic nitrogens is 1. The van der Waals surface area contributed by atoms with Gasteiger partial charge in [0.05, 0.1) is 18.6 Å². The topological polar surface area (TPSA) is 112 Å². The number of nitrogens with zero attached hydrogens (tertiary/aromatic N) is 1. The number of rotatable bonds is 6. The van der Waals surface area contributed by atoms with E-state index in [9.17, 15) is 18.0 Å². The molecule has 0 unspecified atom stereocenters. The number of carbonyl (C=O) groups excluding carboxylic acids is 2. The number of benzene rings is 1. The minimum atomic E-state index is -3.08. The summed E-state index contributed by atoms with van der Waals surface area (Å²) in [6, 6.07) is 6.82. The summed E-state index contributed by atoms with van der Waals surface area (Å²) in [6.07, 6.45) is 0.374. The van der Waals surface area contributed by atoms with Crippen LogP contribution >= 0.6 is 11.3 Å². The van der Waals surface area contributed by atoms with Crippen LogP contribution in [0.25, 0.3) is 10.6 Å². The van der Waals surface area contributed by atoms with Crippen LogP contribution in [0.1, 0.15) is 16.9 Å². The third kappa shape index (κ3) is 5.04. The van der Waals surface area contributed by atoms with E-state index >= 15 is 0 Å². The van der Waals surface area contributed by atoms with Gasteiger partial charge in [-0.25, -0.2) is 18.2 Å². The van der Waals surface area contributed by atoms with Gasteiger partial charge >= 0.3 is 5.97 Å². The lowest BCUT2D eigenvalue weighted by Crippen LogP contribution is -2.38. The smallest absolute Gasteiger partial charge is 0.358 e. The molecular formula is C17H18N2O6S2. The van der Waals surface area contributed by atoms with Crippen molar-refractivity contribution < 1.29 is 27.5 Å². The van der Waals surface area contributed by atoms with Gasteiger partial charge in [0.25, 0.3) is 5.91 Å². The maximum absolute atomic E-state index is 12.1. The van der Waals surface area contributed by atoms with Crippen molar-refractivity contribution in [3.05, 3.63) is 35.3 Å². The zero-order valence-electron chi connectivity index (χ0n) is 14.5. The second-order valence-corrected chi connectivity index (χ2v) is 9.10. The SMILES string of the molecule is COc1ccc(-c2nc(C(=O)OCC(=O)N[C@@H]3CCS(=O)(=O)C3)cs2)cc1.